The van der Waals surface area contributed by atoms with Crippen molar-refractivity contribution < 1.29 is 8.42 Å². The highest BCUT2D eigenvalue weighted by Crippen LogP contribution is 2.29. The maximum Gasteiger partial charge on any atom is 0.262 e. The Morgan fingerprint density at radius 2 is 1.71 bits per heavy atom. The molecule has 0 heterocycles. The lowest BCUT2D eigenvalue weighted by Gasteiger charge is -2.01. The van der Waals surface area contributed by atoms with E-state index < -0.39 is 9.05 Å². The highest BCUT2D eigenvalue weighted by atomic mass is 35.7. The molecule has 0 unspecified atom stereocenters. The maximum atomic E-state index is 11.0. The largest absolute Gasteiger partial charge is 0.262 e. The molecule has 14 heavy (non-hydrogen) atoms. The molecule has 1 aromatic carbocycles. The molecule has 74 valence electrons. The van der Waals surface area contributed by atoms with Gasteiger partial charge in [-0.05, 0) is 12.1 Å². The van der Waals surface area contributed by atoms with Gasteiger partial charge in [-0.25, -0.2) is 8.42 Å². The minimum Gasteiger partial charge on any atom is -0.207 e. The summed E-state index contributed by atoms with van der Waals surface area (Å²) in [7, 11) is 1.11. The normalized spacial score (nSPS) is 11.0. The minimum atomic E-state index is -3.98. The Balaban J connectivity index is 3.61. The van der Waals surface area contributed by atoms with Crippen LogP contribution in [0.5, 0.6) is 0 Å². The maximum absolute atomic E-state index is 11.0. The predicted molar refractivity (Wildman–Crippen MR) is 54.2 cm³/mol. The number of halogens is 3. The van der Waals surface area contributed by atoms with Gasteiger partial charge in [0.15, 0.2) is 0 Å². The van der Waals surface area contributed by atoms with Crippen LogP contribution in [-0.4, -0.2) is 8.42 Å². The molecule has 0 bridgehead atoms. The van der Waals surface area contributed by atoms with E-state index in [0.717, 1.165) is 12.1 Å². The number of hydrogen-bond acceptors (Lipinski definition) is 3. The Labute approximate surface area is 95.2 Å². The van der Waals surface area contributed by atoms with E-state index in [1.165, 1.54) is 0 Å². The van der Waals surface area contributed by atoms with Gasteiger partial charge < -0.3 is 0 Å². The predicted octanol–water partition coefficient (Wildman–Crippen LogP) is 2.79. The minimum absolute atomic E-state index is 0.0323. The zero-order valence-corrected chi connectivity index (χ0v) is 9.54. The highest BCUT2D eigenvalue weighted by molar-refractivity contribution is 8.13. The van der Waals surface area contributed by atoms with E-state index in [4.69, 9.17) is 39.1 Å². The average Bonchev–Trinajstić information content (AvgIpc) is 2.07. The smallest absolute Gasteiger partial charge is 0.207 e. The first kappa shape index (κ1) is 11.6. The lowest BCUT2D eigenvalue weighted by Crippen LogP contribution is -1.95. The van der Waals surface area contributed by atoms with Crippen LogP contribution in [0, 0.1) is 11.3 Å². The molecule has 0 atom stereocenters. The van der Waals surface area contributed by atoms with Gasteiger partial charge in [0.2, 0.25) is 0 Å². The van der Waals surface area contributed by atoms with E-state index >= 15 is 0 Å². The van der Waals surface area contributed by atoms with Crippen molar-refractivity contribution >= 4 is 42.9 Å². The van der Waals surface area contributed by atoms with Crippen LogP contribution in [0.25, 0.3) is 0 Å². The van der Waals surface area contributed by atoms with Crippen molar-refractivity contribution in [1.82, 2.24) is 0 Å². The number of hydrogen-bond donors (Lipinski definition) is 0. The van der Waals surface area contributed by atoms with Gasteiger partial charge in [-0.1, -0.05) is 23.2 Å². The molecule has 0 amide bonds. The van der Waals surface area contributed by atoms with Gasteiger partial charge in [0.05, 0.1) is 15.6 Å². The van der Waals surface area contributed by atoms with E-state index in [1.54, 1.807) is 6.07 Å². The first-order valence-electron chi connectivity index (χ1n) is 3.20. The number of benzene rings is 1. The monoisotopic (exact) mass is 269 g/mol. The first-order chi connectivity index (χ1) is 6.36. The summed E-state index contributed by atoms with van der Waals surface area (Å²) in [4.78, 5) is -0.337. The van der Waals surface area contributed by atoms with Crippen molar-refractivity contribution in [1.29, 1.82) is 5.26 Å². The lowest BCUT2D eigenvalue weighted by molar-refractivity contribution is 0.609. The van der Waals surface area contributed by atoms with Gasteiger partial charge in [-0.2, -0.15) is 5.26 Å². The average molecular weight is 271 g/mol. The fourth-order valence-electron chi connectivity index (χ4n) is 0.818. The fourth-order valence-corrected chi connectivity index (χ4v) is 2.22. The van der Waals surface area contributed by atoms with Crippen LogP contribution in [0.3, 0.4) is 0 Å². The Kier molecular flexibility index (Phi) is 3.28. The summed E-state index contributed by atoms with van der Waals surface area (Å²) < 4.78 is 22.0. The third-order valence-corrected chi connectivity index (χ3v) is 3.49. The van der Waals surface area contributed by atoms with Crippen LogP contribution in [0.1, 0.15) is 5.56 Å². The standard InChI is InChI=1S/C7H2Cl3NO2S/c8-5-1-4(3-11)7(2-6(5)9)14(10,12)13/h1-2H. The molecule has 7 heteroatoms. The van der Waals surface area contributed by atoms with Crippen LogP contribution in [0.15, 0.2) is 17.0 Å². The zero-order valence-electron chi connectivity index (χ0n) is 6.46. The molecular weight excluding hydrogens is 269 g/mol. The summed E-state index contributed by atoms with van der Waals surface area (Å²) in [6.07, 6.45) is 0. The molecule has 0 saturated carbocycles. The molecule has 0 aliphatic heterocycles. The van der Waals surface area contributed by atoms with Gasteiger partial charge in [-0.3, -0.25) is 0 Å². The van der Waals surface area contributed by atoms with Gasteiger partial charge in [0.25, 0.3) is 9.05 Å². The van der Waals surface area contributed by atoms with Crippen molar-refractivity contribution in [3.63, 3.8) is 0 Å². The van der Waals surface area contributed by atoms with Crippen LogP contribution >= 0.6 is 33.9 Å². The fraction of sp³-hybridized carbons (Fsp3) is 0. The van der Waals surface area contributed by atoms with Crippen molar-refractivity contribution in [2.24, 2.45) is 0 Å². The van der Waals surface area contributed by atoms with Gasteiger partial charge in [-0.15, -0.1) is 0 Å². The molecule has 0 fully saturated rings. The van der Waals surface area contributed by atoms with E-state index in [9.17, 15) is 8.42 Å². The first-order valence-corrected chi connectivity index (χ1v) is 6.26. The molecule has 1 rings (SSSR count). The molecular formula is C7H2Cl3NO2S. The van der Waals surface area contributed by atoms with Crippen molar-refractivity contribution in [2.45, 2.75) is 4.90 Å². The third-order valence-electron chi connectivity index (χ3n) is 1.41. The second-order valence-corrected chi connectivity index (χ2v) is 5.66. The molecule has 0 spiro atoms. The zero-order chi connectivity index (χ0) is 10.9. The molecule has 0 aliphatic rings. The number of nitriles is 1. The molecule has 0 aromatic heterocycles. The van der Waals surface area contributed by atoms with Crippen LogP contribution < -0.4 is 0 Å². The molecule has 0 radical (unpaired) electrons. The molecule has 1 aromatic rings. The van der Waals surface area contributed by atoms with E-state index in [2.05, 4.69) is 0 Å². The van der Waals surface area contributed by atoms with Crippen molar-refractivity contribution in [3.8, 4) is 6.07 Å². The number of rotatable bonds is 1. The Hall–Kier alpha value is -0.470. The van der Waals surface area contributed by atoms with Gasteiger partial charge >= 0.3 is 0 Å². The van der Waals surface area contributed by atoms with Gasteiger partial charge in [0.1, 0.15) is 11.0 Å². The highest BCUT2D eigenvalue weighted by Gasteiger charge is 2.17. The second-order valence-electron chi connectivity index (χ2n) is 2.31. The van der Waals surface area contributed by atoms with Crippen molar-refractivity contribution in [2.75, 3.05) is 0 Å². The lowest BCUT2D eigenvalue weighted by atomic mass is 10.2. The molecule has 0 N–H and O–H groups in total. The molecule has 0 saturated heterocycles. The molecule has 3 nitrogen and oxygen atoms in total. The van der Waals surface area contributed by atoms with Crippen molar-refractivity contribution in [3.05, 3.63) is 27.7 Å². The summed E-state index contributed by atoms with van der Waals surface area (Å²) in [6, 6.07) is 3.86. The van der Waals surface area contributed by atoms with E-state index in [0.29, 0.717) is 0 Å². The van der Waals surface area contributed by atoms with Gasteiger partial charge in [0, 0.05) is 10.7 Å². The number of nitrogens with zero attached hydrogens (tertiary/aromatic N) is 1. The third kappa shape index (κ3) is 2.31. The summed E-state index contributed by atoms with van der Waals surface area (Å²) in [6.45, 7) is 0. The summed E-state index contributed by atoms with van der Waals surface area (Å²) in [5.74, 6) is 0. The van der Waals surface area contributed by atoms with Crippen LogP contribution in [0.2, 0.25) is 10.0 Å². The van der Waals surface area contributed by atoms with Crippen LogP contribution in [0.4, 0.5) is 0 Å². The second kappa shape index (κ2) is 3.95. The van der Waals surface area contributed by atoms with Crippen LogP contribution in [-0.2, 0) is 9.05 Å². The molecule has 0 aliphatic carbocycles. The summed E-state index contributed by atoms with van der Waals surface area (Å²) >= 11 is 11.2. The summed E-state index contributed by atoms with van der Waals surface area (Å²) in [5.41, 5.74) is -0.130. The Bertz CT molecular complexity index is 518. The van der Waals surface area contributed by atoms with E-state index in [-0.39, 0.29) is 20.5 Å². The quantitative estimate of drug-likeness (QED) is 0.737. The Morgan fingerprint density at radius 3 is 2.14 bits per heavy atom. The topological polar surface area (TPSA) is 57.9 Å². The van der Waals surface area contributed by atoms with E-state index in [1.807, 2.05) is 0 Å². The SMILES string of the molecule is N#Cc1cc(Cl)c(Cl)cc1S(=O)(=O)Cl. The Morgan fingerprint density at radius 1 is 1.21 bits per heavy atom. The summed E-state index contributed by atoms with van der Waals surface area (Å²) in [5, 5.41) is 8.76.